The number of carbonyl (C=O) groups excluding carboxylic acids is 1. The summed E-state index contributed by atoms with van der Waals surface area (Å²) in [6.07, 6.45) is 11.7. The van der Waals surface area contributed by atoms with E-state index < -0.39 is 0 Å². The van der Waals surface area contributed by atoms with E-state index in [0.29, 0.717) is 24.3 Å². The third-order valence-electron chi connectivity index (χ3n) is 7.46. The maximum atomic E-state index is 12.6. The fourth-order valence-corrected chi connectivity index (χ4v) is 5.93. The first-order valence-corrected chi connectivity index (χ1v) is 12.1. The largest absolute Gasteiger partial charge is 0.310 e. The number of aromatic nitrogens is 4. The summed E-state index contributed by atoms with van der Waals surface area (Å²) in [6, 6.07) is 0.955. The molecular weight excluding hydrogens is 388 g/mol. The summed E-state index contributed by atoms with van der Waals surface area (Å²) in [7, 11) is 0. The molecule has 2 atom stereocenters. The predicted octanol–water partition coefficient (Wildman–Crippen LogP) is 4.49. The van der Waals surface area contributed by atoms with Crippen LogP contribution in [0.25, 0.3) is 11.0 Å². The van der Waals surface area contributed by atoms with Crippen molar-refractivity contribution in [1.29, 1.82) is 0 Å². The minimum Gasteiger partial charge on any atom is -0.310 e. The molecule has 2 saturated carbocycles. The standard InChI is InChI=1S/C24H38N6O/c1-16(2)29(17(3)4)10-11-30-24-21(14-27-30)23(25-15-26-24)28-22(31)9-8-18-12-19-6-5-7-20(19)13-18/h14-20H,5-13H2,1-4H3,(H,25,26,28,31). The molecule has 0 aromatic carbocycles. The highest BCUT2D eigenvalue weighted by Gasteiger charge is 2.36. The molecule has 2 aliphatic rings. The third-order valence-corrected chi connectivity index (χ3v) is 7.46. The molecule has 4 rings (SSSR count). The first kappa shape index (κ1) is 22.2. The Kier molecular flexibility index (Phi) is 6.89. The zero-order chi connectivity index (χ0) is 22.0. The lowest BCUT2D eigenvalue weighted by Gasteiger charge is -2.30. The van der Waals surface area contributed by atoms with Crippen molar-refractivity contribution in [1.82, 2.24) is 24.6 Å². The Morgan fingerprint density at radius 2 is 1.87 bits per heavy atom. The highest BCUT2D eigenvalue weighted by Crippen LogP contribution is 2.48. The van der Waals surface area contributed by atoms with E-state index in [1.54, 1.807) is 6.20 Å². The summed E-state index contributed by atoms with van der Waals surface area (Å²) in [6.45, 7) is 10.5. The quantitative estimate of drug-likeness (QED) is 0.639. The fraction of sp³-hybridized carbons (Fsp3) is 0.750. The van der Waals surface area contributed by atoms with Crippen LogP contribution in [0.3, 0.4) is 0 Å². The molecule has 7 nitrogen and oxygen atoms in total. The van der Waals surface area contributed by atoms with Gasteiger partial charge in [-0.1, -0.05) is 19.3 Å². The Morgan fingerprint density at radius 3 is 2.55 bits per heavy atom. The van der Waals surface area contributed by atoms with E-state index in [2.05, 4.69) is 53.0 Å². The van der Waals surface area contributed by atoms with E-state index in [1.165, 1.54) is 38.4 Å². The van der Waals surface area contributed by atoms with Gasteiger partial charge in [-0.25, -0.2) is 14.6 Å². The van der Waals surface area contributed by atoms with Gasteiger partial charge in [-0.05, 0) is 64.7 Å². The molecule has 0 radical (unpaired) electrons. The van der Waals surface area contributed by atoms with Crippen LogP contribution < -0.4 is 5.32 Å². The van der Waals surface area contributed by atoms with E-state index in [0.717, 1.165) is 48.3 Å². The molecule has 31 heavy (non-hydrogen) atoms. The average Bonchev–Trinajstić information content (AvgIpc) is 3.41. The first-order chi connectivity index (χ1) is 14.9. The summed E-state index contributed by atoms with van der Waals surface area (Å²) in [5, 5.41) is 8.36. The molecule has 2 fully saturated rings. The number of hydrogen-bond donors (Lipinski definition) is 1. The summed E-state index contributed by atoms with van der Waals surface area (Å²) >= 11 is 0. The highest BCUT2D eigenvalue weighted by molar-refractivity contribution is 5.98. The van der Waals surface area contributed by atoms with Crippen LogP contribution in [0.15, 0.2) is 12.5 Å². The Morgan fingerprint density at radius 1 is 1.16 bits per heavy atom. The summed E-state index contributed by atoms with van der Waals surface area (Å²) in [4.78, 5) is 23.8. The van der Waals surface area contributed by atoms with Crippen LogP contribution in [-0.2, 0) is 11.3 Å². The minimum absolute atomic E-state index is 0.0515. The second-order valence-corrected chi connectivity index (χ2v) is 10.1. The topological polar surface area (TPSA) is 75.9 Å². The molecular formula is C24H38N6O. The smallest absolute Gasteiger partial charge is 0.225 e. The van der Waals surface area contributed by atoms with Crippen LogP contribution in [-0.4, -0.2) is 49.2 Å². The minimum atomic E-state index is 0.0515. The molecule has 7 heteroatoms. The fourth-order valence-electron chi connectivity index (χ4n) is 5.93. The molecule has 1 amide bonds. The molecule has 2 aromatic rings. The van der Waals surface area contributed by atoms with Crippen molar-refractivity contribution in [3.8, 4) is 0 Å². The Labute approximate surface area is 186 Å². The van der Waals surface area contributed by atoms with Crippen LogP contribution in [0.5, 0.6) is 0 Å². The number of nitrogens with zero attached hydrogens (tertiary/aromatic N) is 5. The van der Waals surface area contributed by atoms with Gasteiger partial charge in [-0.3, -0.25) is 9.69 Å². The molecule has 0 spiro atoms. The van der Waals surface area contributed by atoms with E-state index in [9.17, 15) is 4.79 Å². The molecule has 0 aliphatic heterocycles. The van der Waals surface area contributed by atoms with Crippen molar-refractivity contribution in [2.45, 2.75) is 91.3 Å². The van der Waals surface area contributed by atoms with Gasteiger partial charge in [0.1, 0.15) is 12.1 Å². The summed E-state index contributed by atoms with van der Waals surface area (Å²) in [5.41, 5.74) is 0.779. The Hall–Kier alpha value is -2.02. The summed E-state index contributed by atoms with van der Waals surface area (Å²) in [5.74, 6) is 3.22. The second kappa shape index (κ2) is 9.63. The van der Waals surface area contributed by atoms with Gasteiger partial charge in [-0.2, -0.15) is 5.10 Å². The molecule has 170 valence electrons. The van der Waals surface area contributed by atoms with Gasteiger partial charge >= 0.3 is 0 Å². The van der Waals surface area contributed by atoms with Crippen molar-refractivity contribution in [2.24, 2.45) is 17.8 Å². The van der Waals surface area contributed by atoms with Crippen LogP contribution in [0.4, 0.5) is 5.82 Å². The predicted molar refractivity (Wildman–Crippen MR) is 124 cm³/mol. The van der Waals surface area contributed by atoms with E-state index in [4.69, 9.17) is 0 Å². The first-order valence-electron chi connectivity index (χ1n) is 12.1. The lowest BCUT2D eigenvalue weighted by atomic mass is 9.98. The van der Waals surface area contributed by atoms with Gasteiger partial charge in [0.15, 0.2) is 5.65 Å². The average molecular weight is 427 g/mol. The van der Waals surface area contributed by atoms with Gasteiger partial charge in [0.2, 0.25) is 5.91 Å². The van der Waals surface area contributed by atoms with E-state index in [-0.39, 0.29) is 5.91 Å². The van der Waals surface area contributed by atoms with Crippen molar-refractivity contribution in [2.75, 3.05) is 11.9 Å². The number of nitrogens with one attached hydrogen (secondary N) is 1. The molecule has 1 N–H and O–H groups in total. The Balaban J connectivity index is 1.34. The number of hydrogen-bond acceptors (Lipinski definition) is 5. The Bertz CT molecular complexity index is 871. The highest BCUT2D eigenvalue weighted by atomic mass is 16.1. The van der Waals surface area contributed by atoms with Gasteiger partial charge in [0.05, 0.1) is 18.1 Å². The van der Waals surface area contributed by atoms with E-state index >= 15 is 0 Å². The number of anilines is 1. The molecule has 2 aliphatic carbocycles. The van der Waals surface area contributed by atoms with Crippen LogP contribution in [0.1, 0.15) is 72.6 Å². The van der Waals surface area contributed by atoms with Gasteiger partial charge in [0, 0.05) is 25.0 Å². The van der Waals surface area contributed by atoms with Crippen LogP contribution in [0, 0.1) is 17.8 Å². The molecule has 2 heterocycles. The van der Waals surface area contributed by atoms with E-state index in [1.807, 2.05) is 4.68 Å². The van der Waals surface area contributed by atoms with Crippen molar-refractivity contribution in [3.05, 3.63) is 12.5 Å². The molecule has 0 saturated heterocycles. The maximum absolute atomic E-state index is 12.6. The zero-order valence-electron chi connectivity index (χ0n) is 19.5. The lowest BCUT2D eigenvalue weighted by Crippen LogP contribution is -2.39. The second-order valence-electron chi connectivity index (χ2n) is 10.1. The zero-order valence-corrected chi connectivity index (χ0v) is 19.5. The normalized spacial score (nSPS) is 23.4. The van der Waals surface area contributed by atoms with Crippen molar-refractivity contribution < 1.29 is 4.79 Å². The number of fused-ring (bicyclic) bond motifs is 2. The summed E-state index contributed by atoms with van der Waals surface area (Å²) < 4.78 is 1.92. The number of carbonyl (C=O) groups is 1. The lowest BCUT2D eigenvalue weighted by molar-refractivity contribution is -0.116. The van der Waals surface area contributed by atoms with Crippen molar-refractivity contribution in [3.63, 3.8) is 0 Å². The monoisotopic (exact) mass is 426 g/mol. The number of amides is 1. The molecule has 0 bridgehead atoms. The van der Waals surface area contributed by atoms with Crippen LogP contribution >= 0.6 is 0 Å². The SMILES string of the molecule is CC(C)N(CCn1ncc2c(NC(=O)CCC3CC4CCCC4C3)ncnc21)C(C)C. The van der Waals surface area contributed by atoms with Crippen LogP contribution in [0.2, 0.25) is 0 Å². The third kappa shape index (κ3) is 5.08. The van der Waals surface area contributed by atoms with Crippen molar-refractivity contribution >= 4 is 22.8 Å². The molecule has 2 unspecified atom stereocenters. The number of rotatable bonds is 9. The maximum Gasteiger partial charge on any atom is 0.225 e. The van der Waals surface area contributed by atoms with Gasteiger partial charge in [-0.15, -0.1) is 0 Å². The molecule has 2 aromatic heterocycles. The van der Waals surface area contributed by atoms with Gasteiger partial charge in [0.25, 0.3) is 0 Å². The van der Waals surface area contributed by atoms with Gasteiger partial charge < -0.3 is 5.32 Å².